The number of rotatable bonds is 9. The standard InChI is InChI=1S/C27H32Cl2N4O4S/c1-4-36-25(35)21(33-23-26(38-16(2)3)37-27(23)10-6-5-7-11-27)12-17-8-9-18(13-31-17)32-24(34)22-19(28)14-30-15-20(22)29/h8-9,13-16,21,26H,4-7,10-12H2,1-3H3,(H,32,34)/t21-,26?/m0/s1. The molecular formula is C27H32Cl2N4O4S. The molecule has 4 rings (SSSR count). The Balaban J connectivity index is 1.52. The lowest BCUT2D eigenvalue weighted by Gasteiger charge is -2.51. The number of halogens is 2. The van der Waals surface area contributed by atoms with Crippen LogP contribution in [0.4, 0.5) is 5.69 Å². The van der Waals surface area contributed by atoms with E-state index in [9.17, 15) is 9.59 Å². The number of amides is 1. The van der Waals surface area contributed by atoms with E-state index in [1.165, 1.54) is 25.0 Å². The van der Waals surface area contributed by atoms with Crippen molar-refractivity contribution < 1.29 is 19.1 Å². The molecule has 2 atom stereocenters. The third kappa shape index (κ3) is 6.68. The summed E-state index contributed by atoms with van der Waals surface area (Å²) in [5, 5.41) is 3.42. The van der Waals surface area contributed by atoms with Gasteiger partial charge < -0.3 is 14.8 Å². The van der Waals surface area contributed by atoms with E-state index in [0.717, 1.165) is 31.4 Å². The van der Waals surface area contributed by atoms with Crippen molar-refractivity contribution in [3.05, 3.63) is 52.0 Å². The predicted octanol–water partition coefficient (Wildman–Crippen LogP) is 6.15. The summed E-state index contributed by atoms with van der Waals surface area (Å²) < 4.78 is 11.8. The number of anilines is 1. The molecule has 11 heteroatoms. The highest BCUT2D eigenvalue weighted by Gasteiger charge is 2.53. The third-order valence-electron chi connectivity index (χ3n) is 6.50. The van der Waals surface area contributed by atoms with Gasteiger partial charge in [-0.3, -0.25) is 19.8 Å². The largest absolute Gasteiger partial charge is 0.464 e. The topological polar surface area (TPSA) is 103 Å². The van der Waals surface area contributed by atoms with Crippen molar-refractivity contribution in [2.24, 2.45) is 4.99 Å². The number of aliphatic imine (C=N–C) groups is 1. The van der Waals surface area contributed by atoms with Crippen LogP contribution in [0.25, 0.3) is 0 Å². The summed E-state index contributed by atoms with van der Waals surface area (Å²) in [4.78, 5) is 39.0. The fourth-order valence-corrected chi connectivity index (χ4v) is 6.39. The molecule has 1 spiro atoms. The number of nitrogens with zero attached hydrogens (tertiary/aromatic N) is 3. The van der Waals surface area contributed by atoms with Gasteiger partial charge in [-0.15, -0.1) is 11.8 Å². The van der Waals surface area contributed by atoms with Crippen molar-refractivity contribution in [2.75, 3.05) is 11.9 Å². The zero-order chi connectivity index (χ0) is 27.3. The fourth-order valence-electron chi connectivity index (χ4n) is 4.72. The molecule has 38 heavy (non-hydrogen) atoms. The van der Waals surface area contributed by atoms with Gasteiger partial charge in [0.1, 0.15) is 11.0 Å². The average molecular weight is 580 g/mol. The molecule has 2 fully saturated rings. The number of hydrogen-bond acceptors (Lipinski definition) is 8. The lowest BCUT2D eigenvalue weighted by atomic mass is 9.77. The van der Waals surface area contributed by atoms with E-state index < -0.39 is 11.9 Å². The van der Waals surface area contributed by atoms with Crippen LogP contribution in [0.2, 0.25) is 10.0 Å². The Labute approximate surface area is 237 Å². The maximum atomic E-state index is 13.0. The molecule has 3 heterocycles. The van der Waals surface area contributed by atoms with Crippen molar-refractivity contribution in [1.82, 2.24) is 9.97 Å². The van der Waals surface area contributed by atoms with E-state index in [1.807, 2.05) is 0 Å². The first kappa shape index (κ1) is 28.8. The predicted molar refractivity (Wildman–Crippen MR) is 151 cm³/mol. The molecular weight excluding hydrogens is 547 g/mol. The van der Waals surface area contributed by atoms with Crippen LogP contribution in [0, 0.1) is 0 Å². The molecule has 204 valence electrons. The summed E-state index contributed by atoms with van der Waals surface area (Å²) in [7, 11) is 0. The van der Waals surface area contributed by atoms with Crippen molar-refractivity contribution in [3.8, 4) is 0 Å². The van der Waals surface area contributed by atoms with Gasteiger partial charge in [0.05, 0.1) is 39.8 Å². The molecule has 1 amide bonds. The summed E-state index contributed by atoms with van der Waals surface area (Å²) in [6.07, 6.45) is 9.73. The molecule has 8 nitrogen and oxygen atoms in total. The number of carbonyl (C=O) groups excluding carboxylic acids is 2. The SMILES string of the molecule is CCOC(=O)[C@H](Cc1ccc(NC(=O)c2c(Cl)cncc2Cl)cn1)N=C1C(SC(C)C)OC12CCCCC2. The Bertz CT molecular complexity index is 1170. The molecule has 1 saturated carbocycles. The summed E-state index contributed by atoms with van der Waals surface area (Å²) in [5.41, 5.74) is 1.69. The Morgan fingerprint density at radius 3 is 2.50 bits per heavy atom. The Morgan fingerprint density at radius 1 is 1.18 bits per heavy atom. The van der Waals surface area contributed by atoms with Gasteiger partial charge >= 0.3 is 5.97 Å². The van der Waals surface area contributed by atoms with Gasteiger partial charge in [0.2, 0.25) is 0 Å². The second-order valence-electron chi connectivity index (χ2n) is 9.65. The normalized spacial score (nSPS) is 20.3. The lowest BCUT2D eigenvalue weighted by molar-refractivity contribution is -0.144. The van der Waals surface area contributed by atoms with Gasteiger partial charge in [0.15, 0.2) is 6.04 Å². The van der Waals surface area contributed by atoms with E-state index in [-0.39, 0.29) is 45.6 Å². The number of carbonyl (C=O) groups is 2. The number of ether oxygens (including phenoxy) is 2. The number of nitrogens with one attached hydrogen (secondary N) is 1. The second kappa shape index (κ2) is 12.8. The zero-order valence-electron chi connectivity index (χ0n) is 21.7. The van der Waals surface area contributed by atoms with Crippen molar-refractivity contribution in [1.29, 1.82) is 0 Å². The summed E-state index contributed by atoms with van der Waals surface area (Å²) in [5.74, 6) is -0.850. The molecule has 0 bridgehead atoms. The van der Waals surface area contributed by atoms with Gasteiger partial charge in [-0.25, -0.2) is 4.79 Å². The number of hydrogen-bond donors (Lipinski definition) is 1. The second-order valence-corrected chi connectivity index (χ2v) is 12.1. The van der Waals surface area contributed by atoms with Crippen molar-refractivity contribution in [2.45, 2.75) is 81.6 Å². The van der Waals surface area contributed by atoms with Gasteiger partial charge in [-0.05, 0) is 31.9 Å². The highest BCUT2D eigenvalue weighted by atomic mass is 35.5. The third-order valence-corrected chi connectivity index (χ3v) is 8.18. The molecule has 0 radical (unpaired) electrons. The first-order valence-corrected chi connectivity index (χ1v) is 14.6. The molecule has 1 N–H and O–H groups in total. The number of pyridine rings is 2. The zero-order valence-corrected chi connectivity index (χ0v) is 24.0. The smallest absolute Gasteiger partial charge is 0.331 e. The maximum Gasteiger partial charge on any atom is 0.331 e. The van der Waals surface area contributed by atoms with Crippen molar-refractivity contribution >= 4 is 58.2 Å². The fraction of sp³-hybridized carbons (Fsp3) is 0.519. The van der Waals surface area contributed by atoms with Crippen LogP contribution in [0.3, 0.4) is 0 Å². The first-order valence-electron chi connectivity index (χ1n) is 12.9. The minimum Gasteiger partial charge on any atom is -0.464 e. The summed E-state index contributed by atoms with van der Waals surface area (Å²) in [6, 6.07) is 2.74. The van der Waals surface area contributed by atoms with Gasteiger partial charge in [0.25, 0.3) is 5.91 Å². The minimum atomic E-state index is -0.731. The van der Waals surface area contributed by atoms with E-state index in [1.54, 1.807) is 30.8 Å². The Hall–Kier alpha value is -2.20. The Morgan fingerprint density at radius 2 is 1.89 bits per heavy atom. The molecule has 1 saturated heterocycles. The van der Waals surface area contributed by atoms with Crippen LogP contribution in [-0.2, 0) is 20.7 Å². The van der Waals surface area contributed by atoms with Crippen LogP contribution in [-0.4, -0.2) is 56.5 Å². The first-order chi connectivity index (χ1) is 18.2. The molecule has 2 aromatic heterocycles. The van der Waals surface area contributed by atoms with Gasteiger partial charge in [0, 0.05) is 29.8 Å². The Kier molecular flexibility index (Phi) is 9.68. The quantitative estimate of drug-likeness (QED) is 0.356. The van der Waals surface area contributed by atoms with E-state index >= 15 is 0 Å². The van der Waals surface area contributed by atoms with Gasteiger partial charge in [-0.1, -0.05) is 56.3 Å². The highest BCUT2D eigenvalue weighted by Crippen LogP contribution is 2.47. The molecule has 1 aliphatic heterocycles. The molecule has 1 aliphatic carbocycles. The van der Waals surface area contributed by atoms with Crippen LogP contribution in [0.15, 0.2) is 35.7 Å². The van der Waals surface area contributed by atoms with E-state index in [0.29, 0.717) is 16.6 Å². The number of aromatic nitrogens is 2. The summed E-state index contributed by atoms with van der Waals surface area (Å²) >= 11 is 13.9. The van der Waals surface area contributed by atoms with Crippen LogP contribution in [0.1, 0.15) is 68.9 Å². The van der Waals surface area contributed by atoms with Crippen molar-refractivity contribution in [3.63, 3.8) is 0 Å². The average Bonchev–Trinajstić information content (AvgIpc) is 2.87. The highest BCUT2D eigenvalue weighted by molar-refractivity contribution is 8.01. The van der Waals surface area contributed by atoms with E-state index in [4.69, 9.17) is 37.7 Å². The maximum absolute atomic E-state index is 13.0. The number of thioether (sulfide) groups is 1. The van der Waals surface area contributed by atoms with Gasteiger partial charge in [-0.2, -0.15) is 0 Å². The van der Waals surface area contributed by atoms with Crippen LogP contribution >= 0.6 is 35.0 Å². The van der Waals surface area contributed by atoms with Crippen LogP contribution < -0.4 is 5.32 Å². The monoisotopic (exact) mass is 578 g/mol. The molecule has 0 aromatic carbocycles. The molecule has 1 unspecified atom stereocenters. The number of esters is 1. The lowest BCUT2D eigenvalue weighted by Crippen LogP contribution is -2.61. The summed E-state index contributed by atoms with van der Waals surface area (Å²) in [6.45, 7) is 6.30. The minimum absolute atomic E-state index is 0.138. The van der Waals surface area contributed by atoms with E-state index in [2.05, 4.69) is 29.1 Å². The molecule has 2 aliphatic rings. The van der Waals surface area contributed by atoms with Crippen LogP contribution in [0.5, 0.6) is 0 Å². The molecule has 2 aromatic rings.